The van der Waals surface area contributed by atoms with E-state index in [4.69, 9.17) is 37.9 Å². The van der Waals surface area contributed by atoms with E-state index in [1.807, 2.05) is 62.9 Å². The number of hydrogen-bond donors (Lipinski definition) is 5. The van der Waals surface area contributed by atoms with E-state index in [1.165, 1.54) is 12.1 Å². The summed E-state index contributed by atoms with van der Waals surface area (Å²) in [4.78, 5) is 76.8. The average Bonchev–Trinajstić information content (AvgIpc) is 3.62. The number of allylic oxidation sites excluding steroid dienone is 2. The van der Waals surface area contributed by atoms with Gasteiger partial charge in [-0.1, -0.05) is 92.7 Å². The van der Waals surface area contributed by atoms with Crippen LogP contribution in [0.25, 0.3) is 34.2 Å². The monoisotopic (exact) mass is 1170 g/mol. The second-order valence-electron chi connectivity index (χ2n) is 20.9. The first-order valence-corrected chi connectivity index (χ1v) is 27.2. The third-order valence-electron chi connectivity index (χ3n) is 14.1. The number of phenols is 1. The van der Waals surface area contributed by atoms with E-state index in [-0.39, 0.29) is 78.5 Å². The van der Waals surface area contributed by atoms with Crippen molar-refractivity contribution in [2.24, 2.45) is 0 Å². The Hall–Kier alpha value is -7.09. The van der Waals surface area contributed by atoms with Crippen molar-refractivity contribution >= 4 is 107 Å². The van der Waals surface area contributed by atoms with Crippen LogP contribution in [0.2, 0.25) is 10.0 Å². The Balaban J connectivity index is 0.00000294. The number of aromatic nitrogens is 2. The Bertz CT molecular complexity index is 3200. The number of carbonyl (C=O) groups excluding carboxylic acids is 5. The molecule has 1 aromatic heterocycles. The van der Waals surface area contributed by atoms with Crippen molar-refractivity contribution in [3.63, 3.8) is 0 Å². The molecule has 2 aliphatic heterocycles. The van der Waals surface area contributed by atoms with Gasteiger partial charge < -0.3 is 35.6 Å². The molecule has 16 nitrogen and oxygen atoms in total. The summed E-state index contributed by atoms with van der Waals surface area (Å²) in [5, 5.41) is 23.1. The lowest BCUT2D eigenvalue weighted by molar-refractivity contribution is -0.137. The van der Waals surface area contributed by atoms with Crippen molar-refractivity contribution in [2.75, 3.05) is 61.9 Å². The van der Waals surface area contributed by atoms with Gasteiger partial charge in [-0.05, 0) is 135 Å². The van der Waals surface area contributed by atoms with Crippen LogP contribution in [0.5, 0.6) is 5.75 Å². The van der Waals surface area contributed by atoms with Crippen LogP contribution < -0.4 is 26.2 Å². The predicted octanol–water partition coefficient (Wildman–Crippen LogP) is 11.6. The lowest BCUT2D eigenvalue weighted by Crippen LogP contribution is -2.51. The molecule has 0 saturated carbocycles. The fourth-order valence-corrected chi connectivity index (χ4v) is 10.1. The Kier molecular flexibility index (Phi) is 23.2. The number of piperidine rings is 1. The number of nitrogens with one attached hydrogen (secondary N) is 4. The standard InChI is InChI=1S/C58H66Cl2FN9O7.C3H6.H2S/c1-9-12-43-36(10-2)26-42(72)30-44(43)50-46(60)31-45-52(51(50)61)66-55(67-53(45)70-22-20-69(21-23-70)49(74)11-3)62-19-17-58(6,7)77-24-18-57(4,5)39-27-40(59)29-41(28-39)64-56(76)63-32-35-13-14-37(34-71)38(25-35)33-68(8)47-15-16-48(73)65-54(47)75;1-3-2;/h9-14,25-31,34,47,72H,2-3,15-24,32-33H2,1,4-8H3,(H,62,66,67)(H2,63,64,76)(H,65,73,75);3H,1H2,2H3;1H2/b12-9-;;. The van der Waals surface area contributed by atoms with E-state index in [0.717, 1.165) is 17.4 Å². The molecule has 0 aliphatic carbocycles. The molecule has 20 heteroatoms. The summed E-state index contributed by atoms with van der Waals surface area (Å²) in [7, 11) is 1.77. The summed E-state index contributed by atoms with van der Waals surface area (Å²) in [6.45, 7) is 25.6. The van der Waals surface area contributed by atoms with Crippen LogP contribution in [-0.2, 0) is 37.6 Å². The predicted molar refractivity (Wildman–Crippen MR) is 329 cm³/mol. The van der Waals surface area contributed by atoms with E-state index in [0.29, 0.717) is 108 Å². The Morgan fingerprint density at radius 1 is 0.975 bits per heavy atom. The number of hydrogen-bond acceptors (Lipinski definition) is 12. The summed E-state index contributed by atoms with van der Waals surface area (Å²) in [6, 6.07) is 14.4. The van der Waals surface area contributed by atoms with E-state index >= 15 is 4.39 Å². The lowest BCUT2D eigenvalue weighted by atomic mass is 9.81. The topological polar surface area (TPSA) is 198 Å². The van der Waals surface area contributed by atoms with Crippen LogP contribution in [0.15, 0.2) is 92.6 Å². The highest BCUT2D eigenvalue weighted by molar-refractivity contribution is 7.59. The minimum atomic E-state index is -0.688. The lowest BCUT2D eigenvalue weighted by Gasteiger charge is -2.35. The molecule has 5 N–H and O–H groups in total. The van der Waals surface area contributed by atoms with E-state index in [1.54, 1.807) is 59.3 Å². The molecule has 0 radical (unpaired) electrons. The molecule has 4 aromatic carbocycles. The second-order valence-corrected chi connectivity index (χ2v) is 21.8. The first-order chi connectivity index (χ1) is 38.0. The van der Waals surface area contributed by atoms with Crippen LogP contribution in [0.4, 0.5) is 26.6 Å². The number of anilines is 3. The number of imide groups is 1. The summed E-state index contributed by atoms with van der Waals surface area (Å²) >= 11 is 13.6. The molecule has 1 unspecified atom stereocenters. The van der Waals surface area contributed by atoms with Gasteiger partial charge >= 0.3 is 6.03 Å². The maximum Gasteiger partial charge on any atom is 0.319 e. The van der Waals surface area contributed by atoms with Crippen LogP contribution >= 0.6 is 36.7 Å². The molecule has 0 spiro atoms. The number of carbonyl (C=O) groups is 5. The maximum atomic E-state index is 17.2. The molecule has 2 saturated heterocycles. The van der Waals surface area contributed by atoms with Gasteiger partial charge in [0.15, 0.2) is 5.82 Å². The van der Waals surface area contributed by atoms with Gasteiger partial charge in [0.2, 0.25) is 23.7 Å². The fraction of sp³-hybridized carbons (Fsp3) is 0.361. The number of ether oxygens (including phenoxy) is 1. The summed E-state index contributed by atoms with van der Waals surface area (Å²) in [6.07, 6.45) is 10.7. The number of nitrogens with zero attached hydrogens (tertiary/aromatic N) is 5. The SMILES string of the molecule is C=CC.C=CC(=O)N1CCN(c2nc(NCCC(C)(C)OCCC(C)(C)c3cc(Cl)cc(NC(=O)NCc4ccc(C=O)c(CN(C)C5CCC(=O)NC5=O)c4)c3)nc3c(F)c(-c4cc(O)cc(C=C)c4/C=C\C)c(Cl)cc23)CC1.S. The Morgan fingerprint density at radius 3 is 2.35 bits per heavy atom. The average molecular weight is 1170 g/mol. The molecule has 2 aliphatic rings. The first kappa shape index (κ1) is 64.7. The number of halogens is 3. The zero-order valence-electron chi connectivity index (χ0n) is 47.1. The minimum Gasteiger partial charge on any atom is -0.508 e. The van der Waals surface area contributed by atoms with Crippen molar-refractivity contribution in [1.82, 2.24) is 30.4 Å². The van der Waals surface area contributed by atoms with Gasteiger partial charge in [0.05, 0.1) is 16.7 Å². The molecule has 81 heavy (non-hydrogen) atoms. The van der Waals surface area contributed by atoms with E-state index in [2.05, 4.69) is 54.9 Å². The number of fused-ring (bicyclic) bond motifs is 1. The van der Waals surface area contributed by atoms with Crippen molar-refractivity contribution in [3.05, 3.63) is 142 Å². The third kappa shape index (κ3) is 16.8. The zero-order chi connectivity index (χ0) is 58.5. The van der Waals surface area contributed by atoms with Crippen LogP contribution in [-0.4, -0.2) is 113 Å². The Labute approximate surface area is 491 Å². The molecule has 7 rings (SSSR count). The highest BCUT2D eigenvalue weighted by Crippen LogP contribution is 2.43. The Morgan fingerprint density at radius 2 is 1.69 bits per heavy atom. The molecule has 1 atom stereocenters. The zero-order valence-corrected chi connectivity index (χ0v) is 49.6. The van der Waals surface area contributed by atoms with Gasteiger partial charge in [0, 0.05) is 86.1 Å². The number of benzene rings is 4. The second kappa shape index (κ2) is 29.1. The van der Waals surface area contributed by atoms with Crippen molar-refractivity contribution < 1.29 is 38.2 Å². The van der Waals surface area contributed by atoms with Crippen molar-refractivity contribution in [1.29, 1.82) is 0 Å². The van der Waals surface area contributed by atoms with Crippen molar-refractivity contribution in [2.45, 2.75) is 97.4 Å². The van der Waals surface area contributed by atoms with Crippen molar-refractivity contribution in [3.8, 4) is 16.9 Å². The molecular weight excluding hydrogens is 1090 g/mol. The highest BCUT2D eigenvalue weighted by atomic mass is 35.5. The summed E-state index contributed by atoms with van der Waals surface area (Å²) < 4.78 is 23.7. The highest BCUT2D eigenvalue weighted by Gasteiger charge is 2.31. The van der Waals surface area contributed by atoms with E-state index in [9.17, 15) is 29.1 Å². The molecule has 2 fully saturated rings. The number of amides is 5. The smallest absolute Gasteiger partial charge is 0.319 e. The van der Waals surface area contributed by atoms with Crippen LogP contribution in [0, 0.1) is 5.82 Å². The van der Waals surface area contributed by atoms with Gasteiger partial charge in [-0.15, -0.1) is 6.58 Å². The molecule has 3 heterocycles. The van der Waals surface area contributed by atoms with Gasteiger partial charge in [0.1, 0.15) is 23.4 Å². The number of aldehydes is 1. The number of phenolic OH excluding ortho intramolecular Hbond substituents is 1. The molecule has 5 amide bonds. The summed E-state index contributed by atoms with van der Waals surface area (Å²) in [5.41, 5.74) is 3.89. The number of urea groups is 1. The van der Waals surface area contributed by atoms with E-state index < -0.39 is 28.9 Å². The van der Waals surface area contributed by atoms with Crippen LogP contribution in [0.3, 0.4) is 0 Å². The number of rotatable bonds is 21. The normalized spacial score (nSPS) is 14.6. The quantitative estimate of drug-likeness (QED) is 0.0202. The fourth-order valence-electron chi connectivity index (χ4n) is 9.59. The number of likely N-dealkylation sites (N-methyl/N-ethyl adjacent to an activating group) is 1. The largest absolute Gasteiger partial charge is 0.508 e. The molecule has 5 aromatic rings. The summed E-state index contributed by atoms with van der Waals surface area (Å²) in [5.74, 6) is -0.972. The first-order valence-electron chi connectivity index (χ1n) is 26.5. The van der Waals surface area contributed by atoms with Gasteiger partial charge in [-0.2, -0.15) is 18.5 Å². The molecule has 0 bridgehead atoms. The van der Waals surface area contributed by atoms with Gasteiger partial charge in [0.25, 0.3) is 0 Å². The minimum absolute atomic E-state index is 0. The molecule has 432 valence electrons. The molecular formula is C61H74Cl2FN9O7S. The number of aromatic hydroxyl groups is 1. The van der Waals surface area contributed by atoms with Gasteiger partial charge in [-0.25, -0.2) is 14.2 Å². The number of piperazine rings is 1. The third-order valence-corrected chi connectivity index (χ3v) is 14.6. The van der Waals surface area contributed by atoms with Gasteiger partial charge in [-0.3, -0.25) is 29.4 Å². The van der Waals surface area contributed by atoms with Crippen LogP contribution in [0.1, 0.15) is 105 Å². The maximum absolute atomic E-state index is 17.2.